The molecule has 0 saturated carbocycles. The number of β-lactam (4-membered cyclic amide) rings is 1. The van der Waals surface area contributed by atoms with Gasteiger partial charge in [0.25, 0.3) is 0 Å². The molecule has 32 heavy (non-hydrogen) atoms. The maximum absolute atomic E-state index is 13.5. The van der Waals surface area contributed by atoms with E-state index in [2.05, 4.69) is 0 Å². The van der Waals surface area contributed by atoms with Crippen molar-refractivity contribution in [2.75, 3.05) is 18.6 Å². The van der Waals surface area contributed by atoms with Gasteiger partial charge in [0.05, 0.1) is 18.0 Å². The number of fused-ring (bicyclic) bond motifs is 3. The Labute approximate surface area is 187 Å². The SMILES string of the molecule is COc1ccc(N2C(=O)[C@@H]3[C@H]2C2=C(C)C(=O)CC2CN3S(=O)(=O)c2ccc(C)cc2)cc1. The van der Waals surface area contributed by atoms with Gasteiger partial charge < -0.3 is 9.64 Å². The van der Waals surface area contributed by atoms with Crippen LogP contribution >= 0.6 is 0 Å². The van der Waals surface area contributed by atoms with Crippen LogP contribution in [0.2, 0.25) is 0 Å². The van der Waals surface area contributed by atoms with Crippen molar-refractivity contribution in [2.45, 2.75) is 37.2 Å². The lowest BCUT2D eigenvalue weighted by Gasteiger charge is -2.55. The second-order valence-electron chi connectivity index (χ2n) is 8.59. The molecule has 2 fully saturated rings. The third-order valence-corrected chi connectivity index (χ3v) is 8.66. The lowest BCUT2D eigenvalue weighted by Crippen LogP contribution is -2.75. The number of methoxy groups -OCH3 is 1. The zero-order valence-corrected chi connectivity index (χ0v) is 18.9. The van der Waals surface area contributed by atoms with E-state index in [1.807, 2.05) is 6.92 Å². The molecule has 0 aromatic heterocycles. The number of aryl methyl sites for hydroxylation is 1. The Kier molecular flexibility index (Phi) is 4.76. The number of nitrogens with zero attached hydrogens (tertiary/aromatic N) is 2. The Balaban J connectivity index is 1.58. The third-order valence-electron chi connectivity index (χ3n) is 6.80. The Bertz CT molecular complexity index is 1250. The van der Waals surface area contributed by atoms with Crippen molar-refractivity contribution in [1.29, 1.82) is 0 Å². The summed E-state index contributed by atoms with van der Waals surface area (Å²) in [6.07, 6.45) is 0.273. The van der Waals surface area contributed by atoms with Crippen molar-refractivity contribution in [3.05, 3.63) is 65.2 Å². The number of benzene rings is 2. The molecule has 2 saturated heterocycles. The highest BCUT2D eigenvalue weighted by atomic mass is 32.2. The van der Waals surface area contributed by atoms with Crippen LogP contribution in [0.1, 0.15) is 18.9 Å². The van der Waals surface area contributed by atoms with Crippen molar-refractivity contribution in [2.24, 2.45) is 5.92 Å². The molecular formula is C24H24N2O5S. The van der Waals surface area contributed by atoms with Crippen LogP contribution in [0.15, 0.2) is 64.6 Å². The van der Waals surface area contributed by atoms with Crippen LogP contribution in [0.3, 0.4) is 0 Å². The number of allylic oxidation sites excluding steroid dienone is 1. The molecule has 2 heterocycles. The van der Waals surface area contributed by atoms with Gasteiger partial charge in [-0.1, -0.05) is 17.7 Å². The van der Waals surface area contributed by atoms with Crippen LogP contribution < -0.4 is 9.64 Å². The van der Waals surface area contributed by atoms with E-state index in [0.29, 0.717) is 17.0 Å². The molecule has 0 spiro atoms. The minimum Gasteiger partial charge on any atom is -0.497 e. The van der Waals surface area contributed by atoms with Gasteiger partial charge in [-0.3, -0.25) is 9.59 Å². The molecule has 8 heteroatoms. The minimum absolute atomic E-state index is 0.0207. The fourth-order valence-electron chi connectivity index (χ4n) is 5.10. The van der Waals surface area contributed by atoms with Crippen molar-refractivity contribution >= 4 is 27.4 Å². The average molecular weight is 453 g/mol. The minimum atomic E-state index is -3.90. The fourth-order valence-corrected chi connectivity index (χ4v) is 6.73. The standard InChI is InChI=1S/C24H24N2O5S/c1-14-4-10-19(11-5-14)32(29,30)25-13-16-12-20(27)15(2)21(16)22-23(25)24(28)26(22)17-6-8-18(31-3)9-7-17/h4-11,16,22-23H,12-13H2,1-3H3/t16?,22-,23+/m1/s1. The van der Waals surface area contributed by atoms with Gasteiger partial charge >= 0.3 is 0 Å². The number of ether oxygens (including phenoxy) is 1. The van der Waals surface area contributed by atoms with Crippen LogP contribution in [0.4, 0.5) is 5.69 Å². The lowest BCUT2D eigenvalue weighted by atomic mass is 9.78. The number of carbonyl (C=O) groups excluding carboxylic acids is 2. The number of carbonyl (C=O) groups is 2. The van der Waals surface area contributed by atoms with Gasteiger partial charge in [0.2, 0.25) is 15.9 Å². The zero-order valence-electron chi connectivity index (χ0n) is 18.1. The largest absolute Gasteiger partial charge is 0.497 e. The summed E-state index contributed by atoms with van der Waals surface area (Å²) in [6.45, 7) is 3.81. The van der Waals surface area contributed by atoms with Gasteiger partial charge in [0.1, 0.15) is 11.8 Å². The van der Waals surface area contributed by atoms with E-state index in [4.69, 9.17) is 4.74 Å². The van der Waals surface area contributed by atoms with Crippen LogP contribution in [-0.4, -0.2) is 50.2 Å². The van der Waals surface area contributed by atoms with E-state index in [0.717, 1.165) is 11.1 Å². The molecule has 166 valence electrons. The average Bonchev–Trinajstić information content (AvgIpc) is 3.06. The number of hydrogen-bond acceptors (Lipinski definition) is 5. The Morgan fingerprint density at radius 1 is 0.938 bits per heavy atom. The molecule has 3 aliphatic rings. The number of amides is 1. The molecule has 1 unspecified atom stereocenters. The van der Waals surface area contributed by atoms with Crippen molar-refractivity contribution in [3.63, 3.8) is 0 Å². The first kappa shape index (κ1) is 20.9. The first-order valence-corrected chi connectivity index (χ1v) is 12.0. The van der Waals surface area contributed by atoms with E-state index in [1.54, 1.807) is 67.5 Å². The monoisotopic (exact) mass is 452 g/mol. The molecule has 2 aliphatic heterocycles. The van der Waals surface area contributed by atoms with Gasteiger partial charge in [-0.15, -0.1) is 0 Å². The van der Waals surface area contributed by atoms with Gasteiger partial charge in [-0.05, 0) is 61.4 Å². The summed E-state index contributed by atoms with van der Waals surface area (Å²) in [7, 11) is -2.33. The summed E-state index contributed by atoms with van der Waals surface area (Å²) in [4.78, 5) is 27.7. The van der Waals surface area contributed by atoms with Gasteiger partial charge in [-0.25, -0.2) is 8.42 Å². The highest BCUT2D eigenvalue weighted by molar-refractivity contribution is 7.89. The third kappa shape index (κ3) is 2.93. The van der Waals surface area contributed by atoms with Crippen molar-refractivity contribution in [3.8, 4) is 5.75 Å². The van der Waals surface area contributed by atoms with Gasteiger partial charge in [0.15, 0.2) is 5.78 Å². The van der Waals surface area contributed by atoms with Crippen molar-refractivity contribution in [1.82, 2.24) is 4.31 Å². The number of ketones is 1. The number of rotatable bonds is 4. The summed E-state index contributed by atoms with van der Waals surface area (Å²) in [5.74, 6) is 0.175. The molecule has 1 aliphatic carbocycles. The van der Waals surface area contributed by atoms with Gasteiger partial charge in [-0.2, -0.15) is 4.31 Å². The topological polar surface area (TPSA) is 84.0 Å². The molecule has 0 N–H and O–H groups in total. The first-order valence-electron chi connectivity index (χ1n) is 10.5. The molecule has 2 aromatic carbocycles. The highest BCUT2D eigenvalue weighted by Crippen LogP contribution is 2.48. The summed E-state index contributed by atoms with van der Waals surface area (Å²) in [5.41, 5.74) is 3.16. The Hall–Kier alpha value is -2.97. The second kappa shape index (κ2) is 7.28. The Morgan fingerprint density at radius 2 is 1.59 bits per heavy atom. The Morgan fingerprint density at radius 3 is 2.22 bits per heavy atom. The smallest absolute Gasteiger partial charge is 0.248 e. The number of anilines is 1. The maximum Gasteiger partial charge on any atom is 0.248 e. The lowest BCUT2D eigenvalue weighted by molar-refractivity contribution is -0.130. The summed E-state index contributed by atoms with van der Waals surface area (Å²) in [5, 5.41) is 0. The number of piperidine rings is 1. The van der Waals surface area contributed by atoms with Crippen molar-refractivity contribution < 1.29 is 22.7 Å². The van der Waals surface area contributed by atoms with Crippen LogP contribution in [0, 0.1) is 12.8 Å². The quantitative estimate of drug-likeness (QED) is 0.666. The van der Waals surface area contributed by atoms with Crippen LogP contribution in [0.5, 0.6) is 5.75 Å². The summed E-state index contributed by atoms with van der Waals surface area (Å²) >= 11 is 0. The predicted octanol–water partition coefficient (Wildman–Crippen LogP) is 2.70. The van der Waals surface area contributed by atoms with Crippen LogP contribution in [-0.2, 0) is 19.6 Å². The molecule has 1 amide bonds. The first-order chi connectivity index (χ1) is 15.2. The molecular weight excluding hydrogens is 428 g/mol. The molecule has 5 rings (SSSR count). The van der Waals surface area contributed by atoms with E-state index >= 15 is 0 Å². The highest BCUT2D eigenvalue weighted by Gasteiger charge is 2.61. The maximum atomic E-state index is 13.5. The van der Waals surface area contributed by atoms with Crippen LogP contribution in [0.25, 0.3) is 0 Å². The molecule has 7 nitrogen and oxygen atoms in total. The summed E-state index contributed by atoms with van der Waals surface area (Å²) < 4.78 is 33.6. The number of hydrogen-bond donors (Lipinski definition) is 0. The zero-order chi connectivity index (χ0) is 22.8. The molecule has 0 bridgehead atoms. The second-order valence-corrected chi connectivity index (χ2v) is 10.5. The fraction of sp³-hybridized carbons (Fsp3) is 0.333. The molecule has 3 atom stereocenters. The number of Topliss-reactive ketones (excluding diaryl/α,β-unsaturated/α-hetero) is 1. The number of sulfonamides is 1. The van der Waals surface area contributed by atoms with E-state index in [-0.39, 0.29) is 35.5 Å². The van der Waals surface area contributed by atoms with E-state index in [1.165, 1.54) is 4.31 Å². The van der Waals surface area contributed by atoms with E-state index in [9.17, 15) is 18.0 Å². The van der Waals surface area contributed by atoms with Gasteiger partial charge in [0, 0.05) is 24.6 Å². The summed E-state index contributed by atoms with van der Waals surface area (Å²) in [6, 6.07) is 12.4. The molecule has 0 radical (unpaired) electrons. The molecule has 2 aromatic rings. The predicted molar refractivity (Wildman–Crippen MR) is 119 cm³/mol. The normalized spacial score (nSPS) is 25.5. The van der Waals surface area contributed by atoms with E-state index < -0.39 is 22.1 Å².